The first-order valence-corrected chi connectivity index (χ1v) is 20.2. The number of ether oxygens (including phenoxy) is 3. The van der Waals surface area contributed by atoms with Crippen molar-refractivity contribution in [3.05, 3.63) is 0 Å². The lowest BCUT2D eigenvalue weighted by molar-refractivity contribution is -0.154. The first-order valence-electron chi connectivity index (χ1n) is 20.2. The van der Waals surface area contributed by atoms with Gasteiger partial charge in [0.15, 0.2) is 6.61 Å². The Morgan fingerprint density at radius 2 is 0.735 bits per heavy atom. The lowest BCUT2D eigenvalue weighted by atomic mass is 10.1. The molecule has 0 aromatic heterocycles. The Labute approximate surface area is 300 Å². The number of nitrogens with zero attached hydrogens (tertiary/aromatic N) is 2. The van der Waals surface area contributed by atoms with Crippen LogP contribution in [0.5, 0.6) is 0 Å². The summed E-state index contributed by atoms with van der Waals surface area (Å²) < 4.78 is 16.0. The molecule has 0 aromatic carbocycles. The van der Waals surface area contributed by atoms with Crippen molar-refractivity contribution >= 4 is 23.8 Å². The Balaban J connectivity index is 4.35. The van der Waals surface area contributed by atoms with Crippen LogP contribution in [0.3, 0.4) is 0 Å². The molecule has 0 spiro atoms. The third-order valence-electron chi connectivity index (χ3n) is 8.91. The van der Waals surface area contributed by atoms with E-state index < -0.39 is 11.9 Å². The smallest absolute Gasteiger partial charge is 0.306 e. The third kappa shape index (κ3) is 34.1. The molecule has 9 nitrogen and oxygen atoms in total. The number of hydrogen-bond donors (Lipinski definition) is 0. The third-order valence-corrected chi connectivity index (χ3v) is 8.91. The molecule has 0 rings (SSSR count). The maximum absolute atomic E-state index is 12.9. The van der Waals surface area contributed by atoms with Crippen LogP contribution in [-0.4, -0.2) is 87.2 Å². The molecule has 0 aromatic rings. The van der Waals surface area contributed by atoms with Crippen molar-refractivity contribution in [3.8, 4) is 0 Å². The monoisotopic (exact) mass is 697 g/mol. The standard InChI is InChI=1S/C40H76N2O7/c1-5-7-9-11-13-15-17-19-21-23-25-28-38(44)47-34-32-42(37(43)36-49-40(46)30-27-31-41(3)4)33-35-48-39(45)29-26-24-22-20-18-16-14-12-10-8-6-2/h5-36H2,1-4H3. The quantitative estimate of drug-likeness (QED) is 0.0363. The van der Waals surface area contributed by atoms with E-state index in [0.717, 1.165) is 45.1 Å². The topological polar surface area (TPSA) is 102 Å². The largest absolute Gasteiger partial charge is 0.464 e. The maximum atomic E-state index is 12.9. The highest BCUT2D eigenvalue weighted by molar-refractivity contribution is 5.80. The molecule has 0 atom stereocenters. The highest BCUT2D eigenvalue weighted by Gasteiger charge is 2.17. The number of carbonyl (C=O) groups is 4. The molecular weight excluding hydrogens is 620 g/mol. The molecule has 0 heterocycles. The van der Waals surface area contributed by atoms with E-state index in [1.54, 1.807) is 0 Å². The van der Waals surface area contributed by atoms with Crippen LogP contribution in [0.25, 0.3) is 0 Å². The maximum Gasteiger partial charge on any atom is 0.306 e. The van der Waals surface area contributed by atoms with Crippen LogP contribution in [-0.2, 0) is 33.4 Å². The first kappa shape index (κ1) is 46.8. The predicted molar refractivity (Wildman–Crippen MR) is 199 cm³/mol. The van der Waals surface area contributed by atoms with Gasteiger partial charge in [-0.15, -0.1) is 0 Å². The number of hydrogen-bond acceptors (Lipinski definition) is 8. The van der Waals surface area contributed by atoms with Crippen LogP contribution >= 0.6 is 0 Å². The Morgan fingerprint density at radius 3 is 1.10 bits per heavy atom. The minimum atomic E-state index is -0.424. The SMILES string of the molecule is CCCCCCCCCCCCCC(=O)OCCN(CCOC(=O)CCCCCCCCCCCCC)C(=O)COC(=O)CCCN(C)C. The average molecular weight is 697 g/mol. The summed E-state index contributed by atoms with van der Waals surface area (Å²) in [5, 5.41) is 0. The highest BCUT2D eigenvalue weighted by atomic mass is 16.5. The van der Waals surface area contributed by atoms with Gasteiger partial charge in [-0.05, 0) is 39.9 Å². The van der Waals surface area contributed by atoms with E-state index in [1.807, 2.05) is 19.0 Å². The van der Waals surface area contributed by atoms with Crippen molar-refractivity contribution in [3.63, 3.8) is 0 Å². The summed E-state index contributed by atoms with van der Waals surface area (Å²) in [6.45, 7) is 5.24. The van der Waals surface area contributed by atoms with Gasteiger partial charge in [0, 0.05) is 19.3 Å². The first-order chi connectivity index (χ1) is 23.8. The molecule has 0 aliphatic carbocycles. The Hall–Kier alpha value is -2.16. The van der Waals surface area contributed by atoms with Crippen molar-refractivity contribution in [2.24, 2.45) is 0 Å². The van der Waals surface area contributed by atoms with Gasteiger partial charge in [0.2, 0.25) is 0 Å². The van der Waals surface area contributed by atoms with Gasteiger partial charge in [0.25, 0.3) is 5.91 Å². The lowest BCUT2D eigenvalue weighted by Crippen LogP contribution is -2.40. The lowest BCUT2D eigenvalue weighted by Gasteiger charge is -2.22. The van der Waals surface area contributed by atoms with Crippen molar-refractivity contribution in [1.29, 1.82) is 0 Å². The van der Waals surface area contributed by atoms with Crippen molar-refractivity contribution < 1.29 is 33.4 Å². The zero-order valence-electron chi connectivity index (χ0n) is 32.4. The summed E-state index contributed by atoms with van der Waals surface area (Å²) >= 11 is 0. The van der Waals surface area contributed by atoms with E-state index in [2.05, 4.69) is 13.8 Å². The molecule has 1 amide bonds. The van der Waals surface area contributed by atoms with Gasteiger partial charge in [0.05, 0.1) is 13.1 Å². The van der Waals surface area contributed by atoms with E-state index >= 15 is 0 Å². The van der Waals surface area contributed by atoms with Crippen molar-refractivity contribution in [1.82, 2.24) is 9.80 Å². The number of amides is 1. The summed E-state index contributed by atoms with van der Waals surface area (Å²) in [5.74, 6) is -1.36. The fourth-order valence-electron chi connectivity index (χ4n) is 5.76. The molecule has 0 saturated carbocycles. The van der Waals surface area contributed by atoms with Gasteiger partial charge in [-0.2, -0.15) is 0 Å². The van der Waals surface area contributed by atoms with Gasteiger partial charge in [-0.25, -0.2) is 0 Å². The summed E-state index contributed by atoms with van der Waals surface area (Å²) in [7, 11) is 3.87. The van der Waals surface area contributed by atoms with E-state index in [0.29, 0.717) is 19.3 Å². The van der Waals surface area contributed by atoms with Gasteiger partial charge in [-0.3, -0.25) is 19.2 Å². The Bertz CT molecular complexity index is 761. The van der Waals surface area contributed by atoms with Gasteiger partial charge in [0.1, 0.15) is 13.2 Å². The summed E-state index contributed by atoms with van der Waals surface area (Å²) in [5.41, 5.74) is 0. The normalized spacial score (nSPS) is 11.1. The van der Waals surface area contributed by atoms with E-state index in [4.69, 9.17) is 14.2 Å². The van der Waals surface area contributed by atoms with E-state index in [1.165, 1.54) is 108 Å². The minimum Gasteiger partial charge on any atom is -0.464 e. The number of rotatable bonds is 36. The van der Waals surface area contributed by atoms with Crippen LogP contribution in [0.2, 0.25) is 0 Å². The summed E-state index contributed by atoms with van der Waals surface area (Å²) in [6, 6.07) is 0. The molecule has 0 N–H and O–H groups in total. The molecule has 288 valence electrons. The van der Waals surface area contributed by atoms with Crippen LogP contribution in [0.15, 0.2) is 0 Å². The van der Waals surface area contributed by atoms with Gasteiger partial charge >= 0.3 is 17.9 Å². The molecule has 0 radical (unpaired) electrons. The van der Waals surface area contributed by atoms with E-state index in [-0.39, 0.29) is 51.3 Å². The molecule has 49 heavy (non-hydrogen) atoms. The molecule has 9 heteroatoms. The molecular formula is C40H76N2O7. The molecule has 0 unspecified atom stereocenters. The molecule has 0 saturated heterocycles. The number of unbranched alkanes of at least 4 members (excludes halogenated alkanes) is 20. The second-order valence-corrected chi connectivity index (χ2v) is 14.0. The predicted octanol–water partition coefficient (Wildman–Crippen LogP) is 9.19. The van der Waals surface area contributed by atoms with Gasteiger partial charge < -0.3 is 24.0 Å². The van der Waals surface area contributed by atoms with Crippen molar-refractivity contribution in [2.45, 2.75) is 181 Å². The zero-order chi connectivity index (χ0) is 36.2. The Kier molecular flexibility index (Phi) is 34.1. The van der Waals surface area contributed by atoms with Crippen molar-refractivity contribution in [2.75, 3.05) is 53.6 Å². The minimum absolute atomic E-state index is 0.0477. The molecule has 0 bridgehead atoms. The van der Waals surface area contributed by atoms with Gasteiger partial charge in [-0.1, -0.05) is 142 Å². The van der Waals surface area contributed by atoms with Crippen LogP contribution < -0.4 is 0 Å². The highest BCUT2D eigenvalue weighted by Crippen LogP contribution is 2.13. The summed E-state index contributed by atoms with van der Waals surface area (Å²) in [6.07, 6.45) is 28.4. The van der Waals surface area contributed by atoms with Crippen LogP contribution in [0.1, 0.15) is 181 Å². The molecule has 0 aliphatic rings. The Morgan fingerprint density at radius 1 is 0.408 bits per heavy atom. The number of esters is 3. The van der Waals surface area contributed by atoms with Crippen LogP contribution in [0, 0.1) is 0 Å². The fraction of sp³-hybridized carbons (Fsp3) is 0.900. The number of carbonyl (C=O) groups excluding carboxylic acids is 4. The van der Waals surface area contributed by atoms with E-state index in [9.17, 15) is 19.2 Å². The van der Waals surface area contributed by atoms with Crippen LogP contribution in [0.4, 0.5) is 0 Å². The zero-order valence-corrected chi connectivity index (χ0v) is 32.4. The second-order valence-electron chi connectivity index (χ2n) is 14.0. The molecule has 0 fully saturated rings. The average Bonchev–Trinajstić information content (AvgIpc) is 3.07. The summed E-state index contributed by atoms with van der Waals surface area (Å²) in [4.78, 5) is 53.0. The fourth-order valence-corrected chi connectivity index (χ4v) is 5.76. The second kappa shape index (κ2) is 35.7. The molecule has 0 aliphatic heterocycles.